The highest BCUT2D eigenvalue weighted by Crippen LogP contribution is 2.47. The number of piperidine rings is 2. The molecule has 2 fully saturated rings. The molecule has 2 saturated heterocycles. The van der Waals surface area contributed by atoms with Gasteiger partial charge >= 0.3 is 0 Å². The van der Waals surface area contributed by atoms with Crippen LogP contribution in [0.4, 0.5) is 0 Å². The summed E-state index contributed by atoms with van der Waals surface area (Å²) >= 11 is 0. The van der Waals surface area contributed by atoms with Crippen molar-refractivity contribution in [2.75, 3.05) is 26.7 Å². The molecular weight excluding hydrogens is 208 g/mol. The van der Waals surface area contributed by atoms with Crippen molar-refractivity contribution in [2.24, 2.45) is 17.3 Å². The molecule has 0 amide bonds. The van der Waals surface area contributed by atoms with Gasteiger partial charge in [0.05, 0.1) is 0 Å². The van der Waals surface area contributed by atoms with Crippen LogP contribution in [0.15, 0.2) is 0 Å². The lowest BCUT2D eigenvalue weighted by molar-refractivity contribution is -0.00453. The van der Waals surface area contributed by atoms with Crippen LogP contribution in [0.5, 0.6) is 0 Å². The summed E-state index contributed by atoms with van der Waals surface area (Å²) in [6.45, 7) is 11.0. The third-order valence-corrected chi connectivity index (χ3v) is 5.23. The Bertz CT molecular complexity index is 251. The summed E-state index contributed by atoms with van der Waals surface area (Å²) in [5.41, 5.74) is 0.654. The Balaban J connectivity index is 2.08. The summed E-state index contributed by atoms with van der Waals surface area (Å²) < 4.78 is 0. The van der Waals surface area contributed by atoms with Crippen LogP contribution in [-0.4, -0.2) is 37.6 Å². The minimum Gasteiger partial charge on any atom is -0.316 e. The van der Waals surface area contributed by atoms with Gasteiger partial charge in [-0.05, 0) is 76.5 Å². The molecule has 1 N–H and O–H groups in total. The van der Waals surface area contributed by atoms with Gasteiger partial charge in [0.15, 0.2) is 0 Å². The van der Waals surface area contributed by atoms with Crippen LogP contribution in [0.3, 0.4) is 0 Å². The molecule has 3 unspecified atom stereocenters. The highest BCUT2D eigenvalue weighted by atomic mass is 15.1. The number of likely N-dealkylation sites (tertiary alicyclic amines) is 1. The minimum atomic E-state index is 0.654. The van der Waals surface area contributed by atoms with Crippen LogP contribution in [0.2, 0.25) is 0 Å². The van der Waals surface area contributed by atoms with Crippen molar-refractivity contribution in [1.82, 2.24) is 10.2 Å². The minimum absolute atomic E-state index is 0.654. The van der Waals surface area contributed by atoms with Gasteiger partial charge < -0.3 is 10.2 Å². The molecule has 0 bridgehead atoms. The van der Waals surface area contributed by atoms with Crippen LogP contribution in [0, 0.1) is 17.3 Å². The Morgan fingerprint density at radius 1 is 1.35 bits per heavy atom. The van der Waals surface area contributed by atoms with Gasteiger partial charge in [0.2, 0.25) is 0 Å². The van der Waals surface area contributed by atoms with Crippen LogP contribution in [0.1, 0.15) is 46.5 Å². The fraction of sp³-hybridized carbons (Fsp3) is 1.00. The average Bonchev–Trinajstić information content (AvgIpc) is 2.27. The quantitative estimate of drug-likeness (QED) is 0.796. The molecule has 0 aromatic carbocycles. The second-order valence-corrected chi connectivity index (χ2v) is 6.93. The van der Waals surface area contributed by atoms with Gasteiger partial charge in [-0.2, -0.15) is 0 Å². The standard InChI is InChI=1S/C15H30N2/c1-12(2)9-14-11-16-7-5-15(14)6-8-17(4)13(3)10-15/h12-14,16H,5-11H2,1-4H3. The molecule has 2 heteroatoms. The van der Waals surface area contributed by atoms with Crippen molar-refractivity contribution in [3.05, 3.63) is 0 Å². The molecule has 100 valence electrons. The maximum Gasteiger partial charge on any atom is 0.00693 e. The Hall–Kier alpha value is -0.0800. The van der Waals surface area contributed by atoms with Crippen molar-refractivity contribution in [3.8, 4) is 0 Å². The van der Waals surface area contributed by atoms with Gasteiger partial charge in [0.1, 0.15) is 0 Å². The van der Waals surface area contributed by atoms with Crippen molar-refractivity contribution in [2.45, 2.75) is 52.5 Å². The SMILES string of the molecule is CC(C)CC1CNCCC12CCN(C)C(C)C2. The molecule has 2 aliphatic rings. The number of hydrogen-bond acceptors (Lipinski definition) is 2. The fourth-order valence-corrected chi connectivity index (χ4v) is 4.00. The number of rotatable bonds is 2. The van der Waals surface area contributed by atoms with E-state index in [1.807, 2.05) is 0 Å². The smallest absolute Gasteiger partial charge is 0.00693 e. The second kappa shape index (κ2) is 5.27. The molecule has 0 aliphatic carbocycles. The second-order valence-electron chi connectivity index (χ2n) is 6.93. The van der Waals surface area contributed by atoms with Crippen molar-refractivity contribution < 1.29 is 0 Å². The Kier molecular flexibility index (Phi) is 4.14. The van der Waals surface area contributed by atoms with Gasteiger partial charge in [0.25, 0.3) is 0 Å². The van der Waals surface area contributed by atoms with Gasteiger partial charge in [-0.3, -0.25) is 0 Å². The summed E-state index contributed by atoms with van der Waals surface area (Å²) in [4.78, 5) is 2.54. The first-order chi connectivity index (χ1) is 8.03. The predicted octanol–water partition coefficient (Wildman–Crippen LogP) is 2.74. The van der Waals surface area contributed by atoms with E-state index >= 15 is 0 Å². The summed E-state index contributed by atoms with van der Waals surface area (Å²) in [6, 6.07) is 0.775. The van der Waals surface area contributed by atoms with Crippen molar-refractivity contribution in [3.63, 3.8) is 0 Å². The molecule has 2 rings (SSSR count). The van der Waals surface area contributed by atoms with E-state index in [1.165, 1.54) is 45.3 Å². The first-order valence-electron chi connectivity index (χ1n) is 7.44. The summed E-state index contributed by atoms with van der Waals surface area (Å²) in [5, 5.41) is 3.62. The van der Waals surface area contributed by atoms with E-state index in [9.17, 15) is 0 Å². The lowest BCUT2D eigenvalue weighted by Gasteiger charge is -2.52. The van der Waals surface area contributed by atoms with Crippen LogP contribution in [0.25, 0.3) is 0 Å². The lowest BCUT2D eigenvalue weighted by atomic mass is 9.61. The number of nitrogens with zero attached hydrogens (tertiary/aromatic N) is 1. The van der Waals surface area contributed by atoms with E-state index < -0.39 is 0 Å². The Labute approximate surface area is 107 Å². The highest BCUT2D eigenvalue weighted by Gasteiger charge is 2.44. The molecule has 3 atom stereocenters. The molecule has 0 aromatic heterocycles. The van der Waals surface area contributed by atoms with Gasteiger partial charge in [0, 0.05) is 6.04 Å². The van der Waals surface area contributed by atoms with E-state index in [0.29, 0.717) is 5.41 Å². The maximum atomic E-state index is 3.62. The van der Waals surface area contributed by atoms with Crippen LogP contribution >= 0.6 is 0 Å². The molecule has 2 aliphatic heterocycles. The Morgan fingerprint density at radius 2 is 2.12 bits per heavy atom. The molecule has 1 spiro atoms. The predicted molar refractivity (Wildman–Crippen MR) is 74.2 cm³/mol. The normalized spacial score (nSPS) is 40.1. The average molecular weight is 238 g/mol. The first kappa shape index (κ1) is 13.4. The van der Waals surface area contributed by atoms with Gasteiger partial charge in [-0.1, -0.05) is 13.8 Å². The third kappa shape index (κ3) is 2.85. The van der Waals surface area contributed by atoms with Crippen molar-refractivity contribution in [1.29, 1.82) is 0 Å². The highest BCUT2D eigenvalue weighted by molar-refractivity contribution is 4.97. The largest absolute Gasteiger partial charge is 0.316 e. The van der Waals surface area contributed by atoms with E-state index in [1.54, 1.807) is 0 Å². The van der Waals surface area contributed by atoms with E-state index in [2.05, 4.69) is 38.0 Å². The summed E-state index contributed by atoms with van der Waals surface area (Å²) in [6.07, 6.45) is 5.65. The van der Waals surface area contributed by atoms with E-state index in [-0.39, 0.29) is 0 Å². The Morgan fingerprint density at radius 3 is 2.76 bits per heavy atom. The monoisotopic (exact) mass is 238 g/mol. The van der Waals surface area contributed by atoms with Gasteiger partial charge in [-0.15, -0.1) is 0 Å². The lowest BCUT2D eigenvalue weighted by Crippen LogP contribution is -2.53. The fourth-order valence-electron chi connectivity index (χ4n) is 4.00. The molecule has 0 saturated carbocycles. The van der Waals surface area contributed by atoms with Gasteiger partial charge in [-0.25, -0.2) is 0 Å². The molecule has 2 heterocycles. The molecule has 0 radical (unpaired) electrons. The summed E-state index contributed by atoms with van der Waals surface area (Å²) in [5.74, 6) is 1.75. The maximum absolute atomic E-state index is 3.62. The molecular formula is C15H30N2. The topological polar surface area (TPSA) is 15.3 Å². The molecule has 2 nitrogen and oxygen atoms in total. The van der Waals surface area contributed by atoms with Crippen LogP contribution in [-0.2, 0) is 0 Å². The van der Waals surface area contributed by atoms with Crippen LogP contribution < -0.4 is 5.32 Å². The zero-order chi connectivity index (χ0) is 12.5. The molecule has 0 aromatic rings. The number of hydrogen-bond donors (Lipinski definition) is 1. The first-order valence-corrected chi connectivity index (χ1v) is 7.44. The summed E-state index contributed by atoms with van der Waals surface area (Å²) in [7, 11) is 2.29. The third-order valence-electron chi connectivity index (χ3n) is 5.23. The zero-order valence-corrected chi connectivity index (χ0v) is 12.1. The zero-order valence-electron chi connectivity index (χ0n) is 12.1. The van der Waals surface area contributed by atoms with E-state index in [4.69, 9.17) is 0 Å². The molecule has 17 heavy (non-hydrogen) atoms. The number of nitrogens with one attached hydrogen (secondary N) is 1. The van der Waals surface area contributed by atoms with Crippen molar-refractivity contribution >= 4 is 0 Å². The van der Waals surface area contributed by atoms with E-state index in [0.717, 1.165) is 17.9 Å².